The predicted molar refractivity (Wildman–Crippen MR) is 72.7 cm³/mol. The summed E-state index contributed by atoms with van der Waals surface area (Å²) < 4.78 is 5.44. The van der Waals surface area contributed by atoms with Crippen LogP contribution in [0, 0.1) is 0 Å². The lowest BCUT2D eigenvalue weighted by Crippen LogP contribution is -2.20. The normalized spacial score (nSPS) is 16.3. The molecule has 1 N–H and O–H groups in total. The average Bonchev–Trinajstić information content (AvgIpc) is 3.11. The van der Waals surface area contributed by atoms with E-state index in [9.17, 15) is 9.59 Å². The fourth-order valence-corrected chi connectivity index (χ4v) is 1.92. The van der Waals surface area contributed by atoms with Crippen LogP contribution in [0.25, 0.3) is 0 Å². The summed E-state index contributed by atoms with van der Waals surface area (Å²) in [5.41, 5.74) is -0.215. The van der Waals surface area contributed by atoms with Gasteiger partial charge in [0, 0.05) is 6.08 Å². The van der Waals surface area contributed by atoms with Crippen molar-refractivity contribution in [3.63, 3.8) is 0 Å². The maximum Gasteiger partial charge on any atom is 0.338 e. The zero-order valence-corrected chi connectivity index (χ0v) is 11.5. The number of rotatable bonds is 9. The molecule has 0 aliphatic heterocycles. The minimum Gasteiger partial charge on any atom is -0.478 e. The van der Waals surface area contributed by atoms with Gasteiger partial charge in [0.25, 0.3) is 0 Å². The van der Waals surface area contributed by atoms with Crippen LogP contribution in [-0.4, -0.2) is 22.6 Å². The first-order valence-electron chi connectivity index (χ1n) is 6.82. The van der Waals surface area contributed by atoms with Gasteiger partial charge in [-0.3, -0.25) is 0 Å². The van der Waals surface area contributed by atoms with Gasteiger partial charge in [0.1, 0.15) is 5.60 Å². The number of carbonyl (C=O) groups is 2. The van der Waals surface area contributed by atoms with Gasteiger partial charge < -0.3 is 9.84 Å². The Bertz CT molecular complexity index is 378. The monoisotopic (exact) mass is 266 g/mol. The second-order valence-electron chi connectivity index (χ2n) is 5.08. The highest BCUT2D eigenvalue weighted by Crippen LogP contribution is 2.44. The Morgan fingerprint density at radius 2 is 1.95 bits per heavy atom. The zero-order valence-electron chi connectivity index (χ0n) is 11.5. The van der Waals surface area contributed by atoms with Crippen LogP contribution in [0.15, 0.2) is 24.3 Å². The first-order chi connectivity index (χ1) is 8.99. The summed E-state index contributed by atoms with van der Waals surface area (Å²) in [5, 5.41) is 8.48. The molecule has 0 aromatic carbocycles. The average molecular weight is 266 g/mol. The van der Waals surface area contributed by atoms with Gasteiger partial charge in [-0.1, -0.05) is 32.8 Å². The van der Waals surface area contributed by atoms with Crippen molar-refractivity contribution < 1.29 is 19.4 Å². The lowest BCUT2D eigenvalue weighted by Gasteiger charge is -2.16. The molecule has 1 rings (SSSR count). The molecule has 1 aliphatic carbocycles. The Labute approximate surface area is 114 Å². The number of carboxylic acid groups (broad SMARTS) is 1. The first-order valence-corrected chi connectivity index (χ1v) is 6.82. The molecule has 106 valence electrons. The van der Waals surface area contributed by atoms with Crippen LogP contribution < -0.4 is 0 Å². The molecule has 0 heterocycles. The number of carboxylic acids is 1. The van der Waals surface area contributed by atoms with Crippen molar-refractivity contribution in [3.8, 4) is 0 Å². The predicted octanol–water partition coefficient (Wildman–Crippen LogP) is 3.23. The molecule has 0 spiro atoms. The number of unbranched alkanes of at least 4 members (excludes halogenated alkanes) is 3. The maximum atomic E-state index is 11.7. The molecule has 0 bridgehead atoms. The minimum absolute atomic E-state index is 0.0854. The molecule has 1 aliphatic rings. The van der Waals surface area contributed by atoms with Crippen molar-refractivity contribution in [3.05, 3.63) is 24.3 Å². The molecular formula is C15H22O4. The molecule has 4 heteroatoms. The quantitative estimate of drug-likeness (QED) is 0.301. The van der Waals surface area contributed by atoms with Gasteiger partial charge >= 0.3 is 11.9 Å². The summed E-state index contributed by atoms with van der Waals surface area (Å²) in [6.45, 7) is 5.68. The van der Waals surface area contributed by atoms with Crippen LogP contribution in [0.3, 0.4) is 0 Å². The van der Waals surface area contributed by atoms with E-state index in [1.54, 1.807) is 0 Å². The molecule has 4 nitrogen and oxygen atoms in total. The van der Waals surface area contributed by atoms with E-state index in [-0.39, 0.29) is 11.2 Å². The molecular weight excluding hydrogens is 244 g/mol. The van der Waals surface area contributed by atoms with Crippen LogP contribution in [0.4, 0.5) is 0 Å². The minimum atomic E-state index is -1.10. The van der Waals surface area contributed by atoms with Gasteiger partial charge in [-0.15, -0.1) is 0 Å². The van der Waals surface area contributed by atoms with Crippen LogP contribution in [-0.2, 0) is 14.3 Å². The molecule has 19 heavy (non-hydrogen) atoms. The summed E-state index contributed by atoms with van der Waals surface area (Å²) in [6.07, 6.45) is 9.40. The Morgan fingerprint density at radius 3 is 2.47 bits per heavy atom. The fourth-order valence-electron chi connectivity index (χ4n) is 1.92. The van der Waals surface area contributed by atoms with E-state index in [0.717, 1.165) is 38.2 Å². The van der Waals surface area contributed by atoms with Crippen molar-refractivity contribution in [2.24, 2.45) is 0 Å². The Morgan fingerprint density at radius 1 is 1.26 bits per heavy atom. The Hall–Kier alpha value is -1.58. The summed E-state index contributed by atoms with van der Waals surface area (Å²) in [4.78, 5) is 22.1. The van der Waals surface area contributed by atoms with Crippen molar-refractivity contribution in [2.45, 2.75) is 57.5 Å². The fraction of sp³-hybridized carbons (Fsp3) is 0.600. The van der Waals surface area contributed by atoms with Gasteiger partial charge in [-0.05, 0) is 31.8 Å². The van der Waals surface area contributed by atoms with Crippen LogP contribution in [0.2, 0.25) is 0 Å². The van der Waals surface area contributed by atoms with E-state index >= 15 is 0 Å². The standard InChI is InChI=1S/C15H22O4/c1-3-4-5-6-9-15(10-11-15)19-14(18)12(2)7-8-13(16)17/h7-8H,2-6,9-11H2,1H3,(H,16,17). The third-order valence-corrected chi connectivity index (χ3v) is 3.29. The summed E-state index contributed by atoms with van der Waals surface area (Å²) in [5.74, 6) is -1.61. The number of esters is 1. The Balaban J connectivity index is 2.35. The van der Waals surface area contributed by atoms with Crippen molar-refractivity contribution in [1.29, 1.82) is 0 Å². The van der Waals surface area contributed by atoms with Gasteiger partial charge in [0.15, 0.2) is 0 Å². The highest BCUT2D eigenvalue weighted by Gasteiger charge is 2.46. The highest BCUT2D eigenvalue weighted by atomic mass is 16.6. The third kappa shape index (κ3) is 5.73. The van der Waals surface area contributed by atoms with Gasteiger partial charge in [-0.2, -0.15) is 0 Å². The van der Waals surface area contributed by atoms with E-state index in [1.807, 2.05) is 0 Å². The summed E-state index contributed by atoms with van der Waals surface area (Å²) >= 11 is 0. The molecule has 0 aromatic heterocycles. The second-order valence-corrected chi connectivity index (χ2v) is 5.08. The zero-order chi connectivity index (χ0) is 14.3. The summed E-state index contributed by atoms with van der Waals surface area (Å²) in [6, 6.07) is 0. The molecule has 0 amide bonds. The Kier molecular flexibility index (Phi) is 5.80. The molecule has 0 unspecified atom stereocenters. The number of ether oxygens (including phenoxy) is 1. The van der Waals surface area contributed by atoms with Crippen LogP contribution >= 0.6 is 0 Å². The first kappa shape index (κ1) is 15.5. The molecule has 0 aromatic rings. The molecule has 0 saturated heterocycles. The smallest absolute Gasteiger partial charge is 0.338 e. The summed E-state index contributed by atoms with van der Waals surface area (Å²) in [7, 11) is 0. The van der Waals surface area contributed by atoms with E-state index < -0.39 is 11.9 Å². The number of hydrogen-bond acceptors (Lipinski definition) is 3. The lowest BCUT2D eigenvalue weighted by atomic mass is 10.1. The molecule has 0 radical (unpaired) electrons. The largest absolute Gasteiger partial charge is 0.478 e. The highest BCUT2D eigenvalue weighted by molar-refractivity contribution is 5.93. The maximum absolute atomic E-state index is 11.7. The van der Waals surface area contributed by atoms with Crippen molar-refractivity contribution in [1.82, 2.24) is 0 Å². The second kappa shape index (κ2) is 7.12. The SMILES string of the molecule is C=C(C=CC(=O)O)C(=O)OC1(CCCCCC)CC1. The van der Waals surface area contributed by atoms with Gasteiger partial charge in [-0.25, -0.2) is 9.59 Å². The van der Waals surface area contributed by atoms with E-state index in [1.165, 1.54) is 18.9 Å². The van der Waals surface area contributed by atoms with E-state index in [2.05, 4.69) is 13.5 Å². The van der Waals surface area contributed by atoms with Crippen molar-refractivity contribution >= 4 is 11.9 Å². The van der Waals surface area contributed by atoms with Crippen molar-refractivity contribution in [2.75, 3.05) is 0 Å². The lowest BCUT2D eigenvalue weighted by molar-refractivity contribution is -0.146. The molecule has 1 saturated carbocycles. The van der Waals surface area contributed by atoms with Crippen LogP contribution in [0.1, 0.15) is 51.9 Å². The number of carbonyl (C=O) groups excluding carboxylic acids is 1. The number of hydrogen-bond donors (Lipinski definition) is 1. The van der Waals surface area contributed by atoms with E-state index in [0.29, 0.717) is 0 Å². The molecule has 0 atom stereocenters. The van der Waals surface area contributed by atoms with Gasteiger partial charge in [0.2, 0.25) is 0 Å². The topological polar surface area (TPSA) is 63.6 Å². The van der Waals surface area contributed by atoms with E-state index in [4.69, 9.17) is 9.84 Å². The van der Waals surface area contributed by atoms with Gasteiger partial charge in [0.05, 0.1) is 5.57 Å². The number of aliphatic carboxylic acids is 1. The van der Waals surface area contributed by atoms with Crippen LogP contribution in [0.5, 0.6) is 0 Å². The third-order valence-electron chi connectivity index (χ3n) is 3.29. The molecule has 1 fully saturated rings.